The fraction of sp³-hybridized carbons (Fsp3) is 0.727. The van der Waals surface area contributed by atoms with E-state index in [1.54, 1.807) is 20.0 Å². The largest absolute Gasteiger partial charge is 0.351 e. The molecule has 0 bridgehead atoms. The second kappa shape index (κ2) is 8.40. The monoisotopic (exact) mass is 415 g/mol. The van der Waals surface area contributed by atoms with Gasteiger partial charge in [0.25, 0.3) is 11.8 Å². The van der Waals surface area contributed by atoms with Gasteiger partial charge in [-0.3, -0.25) is 19.1 Å². The van der Waals surface area contributed by atoms with Crippen LogP contribution >= 0.6 is 0 Å². The van der Waals surface area contributed by atoms with Gasteiger partial charge in [0.2, 0.25) is 5.91 Å². The number of aromatic nitrogens is 2. The van der Waals surface area contributed by atoms with Crippen LogP contribution in [0.1, 0.15) is 92.1 Å². The maximum atomic E-state index is 13.1. The lowest BCUT2D eigenvalue weighted by Crippen LogP contribution is -2.63. The molecule has 3 aliphatic rings. The van der Waals surface area contributed by atoms with Crippen LogP contribution in [-0.2, 0) is 11.3 Å². The van der Waals surface area contributed by atoms with E-state index in [4.69, 9.17) is 0 Å². The van der Waals surface area contributed by atoms with Gasteiger partial charge in [-0.15, -0.1) is 0 Å². The van der Waals surface area contributed by atoms with Gasteiger partial charge < -0.3 is 15.5 Å². The van der Waals surface area contributed by atoms with Gasteiger partial charge in [0.15, 0.2) is 5.69 Å². The van der Waals surface area contributed by atoms with Crippen LogP contribution in [0.15, 0.2) is 6.07 Å². The van der Waals surface area contributed by atoms with E-state index in [9.17, 15) is 14.4 Å². The van der Waals surface area contributed by atoms with Crippen LogP contribution < -0.4 is 10.6 Å². The predicted molar refractivity (Wildman–Crippen MR) is 112 cm³/mol. The fourth-order valence-electron chi connectivity index (χ4n) is 4.93. The van der Waals surface area contributed by atoms with Crippen LogP contribution in [-0.4, -0.2) is 57.1 Å². The summed E-state index contributed by atoms with van der Waals surface area (Å²) in [5.74, 6) is -0.681. The number of hydrogen-bond donors (Lipinski definition) is 2. The molecule has 1 unspecified atom stereocenters. The molecule has 3 amide bonds. The molecule has 2 N–H and O–H groups in total. The Bertz CT molecular complexity index is 823. The Labute approximate surface area is 177 Å². The summed E-state index contributed by atoms with van der Waals surface area (Å²) >= 11 is 0. The highest BCUT2D eigenvalue weighted by atomic mass is 16.2. The standard InChI is InChI=1S/C22H33N5O3/c1-22(21(30)24-16-11-7-4-8-12-16)14-27-18(20(29)26(22)2)13-17(25-27)19(28)23-15-9-5-3-6-10-15/h13,15-16H,3-12,14H2,1-2H3,(H,23,28)(H,24,30). The molecule has 8 heteroatoms. The molecule has 2 heterocycles. The minimum absolute atomic E-state index is 0.153. The molecule has 2 aliphatic carbocycles. The van der Waals surface area contributed by atoms with Gasteiger partial charge in [0, 0.05) is 25.2 Å². The molecular weight excluding hydrogens is 382 g/mol. The van der Waals surface area contributed by atoms with Gasteiger partial charge in [0.05, 0.1) is 6.54 Å². The summed E-state index contributed by atoms with van der Waals surface area (Å²) in [6, 6.07) is 1.90. The summed E-state index contributed by atoms with van der Waals surface area (Å²) in [6.07, 6.45) is 10.9. The van der Waals surface area contributed by atoms with E-state index in [1.807, 2.05) is 0 Å². The van der Waals surface area contributed by atoms with Crippen molar-refractivity contribution in [2.75, 3.05) is 7.05 Å². The van der Waals surface area contributed by atoms with Crippen molar-refractivity contribution >= 4 is 17.7 Å². The van der Waals surface area contributed by atoms with Crippen molar-refractivity contribution < 1.29 is 14.4 Å². The van der Waals surface area contributed by atoms with Crippen molar-refractivity contribution in [2.24, 2.45) is 0 Å². The zero-order valence-corrected chi connectivity index (χ0v) is 18.1. The van der Waals surface area contributed by atoms with Crippen LogP contribution in [0.25, 0.3) is 0 Å². The molecule has 8 nitrogen and oxygen atoms in total. The third-order valence-corrected chi connectivity index (χ3v) is 7.10. The number of likely N-dealkylation sites (N-methyl/N-ethyl adjacent to an activating group) is 1. The van der Waals surface area contributed by atoms with Gasteiger partial charge >= 0.3 is 0 Å². The van der Waals surface area contributed by atoms with Crippen LogP contribution in [0.2, 0.25) is 0 Å². The van der Waals surface area contributed by atoms with Crippen molar-refractivity contribution in [3.05, 3.63) is 17.5 Å². The zero-order valence-electron chi connectivity index (χ0n) is 18.1. The second-order valence-corrected chi connectivity index (χ2v) is 9.33. The maximum Gasteiger partial charge on any atom is 0.272 e. The smallest absolute Gasteiger partial charge is 0.272 e. The van der Waals surface area contributed by atoms with Crippen LogP contribution in [0.5, 0.6) is 0 Å². The number of fused-ring (bicyclic) bond motifs is 1. The number of carbonyl (C=O) groups excluding carboxylic acids is 3. The third kappa shape index (κ3) is 3.96. The molecule has 30 heavy (non-hydrogen) atoms. The lowest BCUT2D eigenvalue weighted by atomic mass is 9.92. The molecule has 1 aliphatic heterocycles. The first-order valence-electron chi connectivity index (χ1n) is 11.4. The number of nitrogens with zero attached hydrogens (tertiary/aromatic N) is 3. The van der Waals surface area contributed by atoms with E-state index >= 15 is 0 Å². The molecule has 1 aromatic heterocycles. The number of nitrogens with one attached hydrogen (secondary N) is 2. The van der Waals surface area contributed by atoms with Gasteiger partial charge in [-0.2, -0.15) is 5.10 Å². The Kier molecular flexibility index (Phi) is 5.84. The summed E-state index contributed by atoms with van der Waals surface area (Å²) < 4.78 is 1.53. The van der Waals surface area contributed by atoms with E-state index in [0.29, 0.717) is 5.69 Å². The molecule has 4 rings (SSSR count). The minimum Gasteiger partial charge on any atom is -0.351 e. The van der Waals surface area contributed by atoms with Gasteiger partial charge in [-0.25, -0.2) is 0 Å². The maximum absolute atomic E-state index is 13.1. The summed E-state index contributed by atoms with van der Waals surface area (Å²) in [4.78, 5) is 40.3. The van der Waals surface area contributed by atoms with E-state index < -0.39 is 5.54 Å². The summed E-state index contributed by atoms with van der Waals surface area (Å²) in [7, 11) is 1.65. The number of hydrogen-bond acceptors (Lipinski definition) is 4. The highest BCUT2D eigenvalue weighted by molar-refractivity contribution is 6.01. The van der Waals surface area contributed by atoms with E-state index in [2.05, 4.69) is 15.7 Å². The molecule has 0 saturated heterocycles. The first kappa shape index (κ1) is 20.9. The van der Waals surface area contributed by atoms with Gasteiger partial charge in [0.1, 0.15) is 11.2 Å². The molecule has 2 fully saturated rings. The summed E-state index contributed by atoms with van der Waals surface area (Å²) in [5, 5.41) is 10.6. The van der Waals surface area contributed by atoms with Crippen molar-refractivity contribution in [1.82, 2.24) is 25.3 Å². The summed E-state index contributed by atoms with van der Waals surface area (Å²) in [5.41, 5.74) is -0.437. The second-order valence-electron chi connectivity index (χ2n) is 9.33. The topological polar surface area (TPSA) is 96.3 Å². The Morgan fingerprint density at radius 1 is 1.00 bits per heavy atom. The lowest BCUT2D eigenvalue weighted by Gasteiger charge is -2.41. The van der Waals surface area contributed by atoms with Crippen LogP contribution in [0, 0.1) is 0 Å². The van der Waals surface area contributed by atoms with Crippen molar-refractivity contribution in [2.45, 2.75) is 95.3 Å². The van der Waals surface area contributed by atoms with Crippen molar-refractivity contribution in [3.8, 4) is 0 Å². The highest BCUT2D eigenvalue weighted by Gasteiger charge is 2.46. The molecule has 164 valence electrons. The third-order valence-electron chi connectivity index (χ3n) is 7.10. The van der Waals surface area contributed by atoms with Gasteiger partial charge in [-0.05, 0) is 32.6 Å². The first-order valence-corrected chi connectivity index (χ1v) is 11.4. The normalized spacial score (nSPS) is 25.7. The number of amides is 3. The molecule has 0 radical (unpaired) electrons. The molecule has 0 spiro atoms. The summed E-state index contributed by atoms with van der Waals surface area (Å²) in [6.45, 7) is 2.01. The van der Waals surface area contributed by atoms with E-state index in [1.165, 1.54) is 22.4 Å². The van der Waals surface area contributed by atoms with Crippen molar-refractivity contribution in [1.29, 1.82) is 0 Å². The van der Waals surface area contributed by atoms with Crippen LogP contribution in [0.3, 0.4) is 0 Å². The number of rotatable bonds is 4. The highest BCUT2D eigenvalue weighted by Crippen LogP contribution is 2.27. The minimum atomic E-state index is -1.04. The Morgan fingerprint density at radius 2 is 1.57 bits per heavy atom. The fourth-order valence-corrected chi connectivity index (χ4v) is 4.93. The molecule has 2 saturated carbocycles. The number of carbonyl (C=O) groups is 3. The van der Waals surface area contributed by atoms with Crippen LogP contribution in [0.4, 0.5) is 0 Å². The molecule has 1 aromatic rings. The predicted octanol–water partition coefficient (Wildman–Crippen LogP) is 2.24. The van der Waals surface area contributed by atoms with Gasteiger partial charge in [-0.1, -0.05) is 38.5 Å². The van der Waals surface area contributed by atoms with Crippen molar-refractivity contribution in [3.63, 3.8) is 0 Å². The molecular formula is C22H33N5O3. The SMILES string of the molecule is CN1C(=O)c2cc(C(=O)NC3CCCCC3)nn2CC1(C)C(=O)NC1CCCCC1. The quantitative estimate of drug-likeness (QED) is 0.788. The zero-order chi connectivity index (χ0) is 21.3. The average Bonchev–Trinajstić information content (AvgIpc) is 3.17. The lowest BCUT2D eigenvalue weighted by molar-refractivity contribution is -0.133. The Morgan fingerprint density at radius 3 is 2.17 bits per heavy atom. The Hall–Kier alpha value is -2.38. The first-order chi connectivity index (χ1) is 14.4. The molecule has 1 atom stereocenters. The van der Waals surface area contributed by atoms with E-state index in [0.717, 1.165) is 51.4 Å². The average molecular weight is 416 g/mol. The molecule has 0 aromatic carbocycles. The Balaban J connectivity index is 1.49. The van der Waals surface area contributed by atoms with E-state index in [-0.39, 0.29) is 42.0 Å².